The second-order valence-electron chi connectivity index (χ2n) is 7.59. The Hall–Kier alpha value is -3.52. The fraction of sp³-hybridized carbons (Fsp3) is 0.0741. The van der Waals surface area contributed by atoms with Crippen molar-refractivity contribution in [3.8, 4) is 22.3 Å². The van der Waals surface area contributed by atoms with E-state index >= 15 is 0 Å². The molecule has 0 saturated carbocycles. The topological polar surface area (TPSA) is 83.5 Å². The molecule has 0 aliphatic carbocycles. The smallest absolute Gasteiger partial charge is 0.338 e. The maximum absolute atomic E-state index is 12.7. The summed E-state index contributed by atoms with van der Waals surface area (Å²) in [7, 11) is 0. The van der Waals surface area contributed by atoms with E-state index in [0.717, 1.165) is 23.1 Å². The Kier molecular flexibility index (Phi) is 8.15. The van der Waals surface area contributed by atoms with Crippen LogP contribution in [0.3, 0.4) is 0 Å². The van der Waals surface area contributed by atoms with Gasteiger partial charge in [-0.2, -0.15) is 0 Å². The van der Waals surface area contributed by atoms with Crippen molar-refractivity contribution >= 4 is 52.5 Å². The van der Waals surface area contributed by atoms with Gasteiger partial charge in [-0.3, -0.25) is 10.1 Å². The second kappa shape index (κ2) is 11.5. The van der Waals surface area contributed by atoms with Crippen LogP contribution in [0.15, 0.2) is 89.8 Å². The Morgan fingerprint density at radius 2 is 1.47 bits per heavy atom. The monoisotopic (exact) mass is 537 g/mol. The first-order valence-corrected chi connectivity index (χ1v) is 12.4. The van der Waals surface area contributed by atoms with E-state index in [-0.39, 0.29) is 12.3 Å². The number of hydrogen-bond donors (Lipinski definition) is 0. The van der Waals surface area contributed by atoms with Crippen LogP contribution in [0, 0.1) is 10.1 Å². The number of benzene rings is 4. The van der Waals surface area contributed by atoms with E-state index in [9.17, 15) is 14.9 Å². The van der Waals surface area contributed by atoms with Crippen molar-refractivity contribution in [2.45, 2.75) is 11.8 Å². The zero-order chi connectivity index (χ0) is 25.7. The first-order valence-electron chi connectivity index (χ1n) is 10.8. The molecule has 0 bridgehead atoms. The van der Waals surface area contributed by atoms with Crippen LogP contribution in [0.5, 0.6) is 0 Å². The number of non-ortho nitro benzene ring substituents is 1. The van der Waals surface area contributed by atoms with Gasteiger partial charge >= 0.3 is 5.97 Å². The maximum Gasteiger partial charge on any atom is 0.338 e. The summed E-state index contributed by atoms with van der Waals surface area (Å²) >= 11 is 13.3. The summed E-state index contributed by atoms with van der Waals surface area (Å²) in [5.74, 6) is -0.458. The van der Waals surface area contributed by atoms with Crippen LogP contribution in [-0.2, 0) is 4.74 Å². The fourth-order valence-corrected chi connectivity index (χ4v) is 4.47. The molecular formula is C27H19Cl2N2O4S. The van der Waals surface area contributed by atoms with Crippen LogP contribution in [0.1, 0.15) is 17.3 Å². The van der Waals surface area contributed by atoms with Gasteiger partial charge in [0.2, 0.25) is 0 Å². The second-order valence-corrected chi connectivity index (χ2v) is 9.30. The number of nitro groups is 1. The average molecular weight is 538 g/mol. The molecule has 6 nitrogen and oxygen atoms in total. The molecule has 0 N–H and O–H groups in total. The van der Waals surface area contributed by atoms with E-state index < -0.39 is 10.9 Å². The summed E-state index contributed by atoms with van der Waals surface area (Å²) in [5.41, 5.74) is 3.87. The van der Waals surface area contributed by atoms with Crippen molar-refractivity contribution in [2.24, 2.45) is 0 Å². The lowest BCUT2D eigenvalue weighted by atomic mass is 9.93. The van der Waals surface area contributed by atoms with Gasteiger partial charge in [0, 0.05) is 50.1 Å². The first kappa shape index (κ1) is 25.6. The molecular weight excluding hydrogens is 519 g/mol. The molecule has 0 aromatic heterocycles. The summed E-state index contributed by atoms with van der Waals surface area (Å²) in [6, 6.07) is 24.1. The summed E-state index contributed by atoms with van der Waals surface area (Å²) in [4.78, 5) is 24.1. The summed E-state index contributed by atoms with van der Waals surface area (Å²) in [6.07, 6.45) is 0. The zero-order valence-electron chi connectivity index (χ0n) is 19.0. The number of carbonyl (C=O) groups is 1. The normalized spacial score (nSPS) is 10.6. The minimum atomic E-state index is -0.458. The number of halogens is 2. The molecule has 4 rings (SSSR count). The summed E-state index contributed by atoms with van der Waals surface area (Å²) < 4.78 is 10.1. The molecule has 4 aromatic carbocycles. The van der Waals surface area contributed by atoms with E-state index in [1.807, 2.05) is 24.3 Å². The van der Waals surface area contributed by atoms with E-state index in [0.29, 0.717) is 37.3 Å². The van der Waals surface area contributed by atoms with Crippen LogP contribution in [0.25, 0.3) is 22.3 Å². The highest BCUT2D eigenvalue weighted by atomic mass is 35.5. The molecule has 0 saturated heterocycles. The predicted molar refractivity (Wildman–Crippen MR) is 144 cm³/mol. The van der Waals surface area contributed by atoms with Gasteiger partial charge in [-0.15, -0.1) is 0 Å². The third kappa shape index (κ3) is 5.99. The largest absolute Gasteiger partial charge is 0.462 e. The molecule has 0 atom stereocenters. The molecule has 0 aliphatic heterocycles. The SMILES string of the molecule is CCOC(=O)c1cc(-c2ccc(Cl)cc2)c([N]Sc2cccc([N+](=O)[O-])c2)c(-c2ccc(Cl)cc2)c1. The van der Waals surface area contributed by atoms with Gasteiger partial charge in [-0.1, -0.05) is 53.5 Å². The van der Waals surface area contributed by atoms with E-state index in [1.165, 1.54) is 12.1 Å². The lowest BCUT2D eigenvalue weighted by Crippen LogP contribution is -2.06. The number of rotatable bonds is 8. The number of esters is 1. The molecule has 1 radical (unpaired) electrons. The van der Waals surface area contributed by atoms with Crippen molar-refractivity contribution in [2.75, 3.05) is 6.61 Å². The molecule has 0 spiro atoms. The van der Waals surface area contributed by atoms with Crippen LogP contribution >= 0.6 is 35.1 Å². The first-order chi connectivity index (χ1) is 17.4. The highest BCUT2D eigenvalue weighted by Gasteiger charge is 2.20. The number of nitrogens with zero attached hydrogens (tertiary/aromatic N) is 2. The third-order valence-electron chi connectivity index (χ3n) is 5.20. The average Bonchev–Trinajstić information content (AvgIpc) is 2.88. The van der Waals surface area contributed by atoms with Gasteiger partial charge in [-0.05, 0) is 60.5 Å². The quantitative estimate of drug-likeness (QED) is 0.0974. The van der Waals surface area contributed by atoms with Gasteiger partial charge < -0.3 is 4.74 Å². The molecule has 36 heavy (non-hydrogen) atoms. The zero-order valence-corrected chi connectivity index (χ0v) is 21.3. The Labute approximate surface area is 222 Å². The van der Waals surface area contributed by atoms with Crippen LogP contribution in [0.4, 0.5) is 11.4 Å². The van der Waals surface area contributed by atoms with Crippen molar-refractivity contribution in [3.05, 3.63) is 111 Å². The maximum atomic E-state index is 12.7. The van der Waals surface area contributed by atoms with Gasteiger partial charge in [0.25, 0.3) is 5.69 Å². The Balaban J connectivity index is 1.88. The number of nitro benzene ring substituents is 1. The lowest BCUT2D eigenvalue weighted by molar-refractivity contribution is -0.385. The van der Waals surface area contributed by atoms with Gasteiger partial charge in [0.15, 0.2) is 0 Å². The van der Waals surface area contributed by atoms with Crippen molar-refractivity contribution in [1.29, 1.82) is 0 Å². The molecule has 0 unspecified atom stereocenters. The van der Waals surface area contributed by atoms with E-state index in [2.05, 4.69) is 0 Å². The standard InChI is InChI=1S/C27H19Cl2N2O4S/c1-2-35-27(32)19-14-24(17-6-10-20(28)11-7-17)26(25(15-19)18-8-12-21(29)13-9-18)30-36-23-5-3-4-22(16-23)31(33)34/h3-16H,2H2,1H3. The molecule has 181 valence electrons. The highest BCUT2D eigenvalue weighted by Crippen LogP contribution is 2.42. The molecule has 0 aliphatic rings. The molecule has 0 amide bonds. The number of hydrogen-bond acceptors (Lipinski definition) is 5. The summed E-state index contributed by atoms with van der Waals surface area (Å²) in [5, 5.41) is 12.4. The van der Waals surface area contributed by atoms with E-state index in [4.69, 9.17) is 32.7 Å². The Morgan fingerprint density at radius 1 is 0.917 bits per heavy atom. The Bertz CT molecular complexity index is 1340. The van der Waals surface area contributed by atoms with Crippen molar-refractivity contribution in [1.82, 2.24) is 4.72 Å². The van der Waals surface area contributed by atoms with Gasteiger partial charge in [0.05, 0.1) is 22.8 Å². The Morgan fingerprint density at radius 3 is 1.97 bits per heavy atom. The molecule has 0 fully saturated rings. The van der Waals surface area contributed by atoms with Gasteiger partial charge in [-0.25, -0.2) is 9.52 Å². The van der Waals surface area contributed by atoms with Crippen LogP contribution < -0.4 is 4.72 Å². The molecule has 9 heteroatoms. The van der Waals surface area contributed by atoms with Crippen LogP contribution in [0.2, 0.25) is 10.0 Å². The third-order valence-corrected chi connectivity index (χ3v) is 6.44. The van der Waals surface area contributed by atoms with Crippen molar-refractivity contribution < 1.29 is 14.5 Å². The van der Waals surface area contributed by atoms with Crippen molar-refractivity contribution in [3.63, 3.8) is 0 Å². The number of carbonyl (C=O) groups excluding carboxylic acids is 1. The minimum absolute atomic E-state index is 0.0243. The van der Waals surface area contributed by atoms with E-state index in [1.54, 1.807) is 55.5 Å². The minimum Gasteiger partial charge on any atom is -0.462 e. The molecule has 0 heterocycles. The highest BCUT2D eigenvalue weighted by molar-refractivity contribution is 7.97. The van der Waals surface area contributed by atoms with Gasteiger partial charge in [0.1, 0.15) is 0 Å². The molecule has 4 aromatic rings. The lowest BCUT2D eigenvalue weighted by Gasteiger charge is -2.17. The predicted octanol–water partition coefficient (Wildman–Crippen LogP) is 8.36. The number of ether oxygens (including phenoxy) is 1. The van der Waals surface area contributed by atoms with Crippen LogP contribution in [-0.4, -0.2) is 17.5 Å². The summed E-state index contributed by atoms with van der Waals surface area (Å²) in [6.45, 7) is 1.98. The fourth-order valence-electron chi connectivity index (χ4n) is 3.52.